The molecule has 0 radical (unpaired) electrons. The maximum Gasteiger partial charge on any atom is 0.259 e. The van der Waals surface area contributed by atoms with E-state index in [1.807, 2.05) is 33.2 Å². The first kappa shape index (κ1) is 22.2. The van der Waals surface area contributed by atoms with Crippen LogP contribution in [0.1, 0.15) is 19.9 Å². The predicted molar refractivity (Wildman–Crippen MR) is 127 cm³/mol. The van der Waals surface area contributed by atoms with E-state index in [-0.39, 0.29) is 21.6 Å². The van der Waals surface area contributed by atoms with Gasteiger partial charge in [-0.2, -0.15) is 5.10 Å². The summed E-state index contributed by atoms with van der Waals surface area (Å²) < 4.78 is 14.2. The molecule has 32 heavy (non-hydrogen) atoms. The molecule has 0 N–H and O–H groups in total. The summed E-state index contributed by atoms with van der Waals surface area (Å²) in [7, 11) is 4.83. The number of hydrogen-bond donors (Lipinski definition) is 0. The second-order valence-corrected chi connectivity index (χ2v) is 8.40. The lowest BCUT2D eigenvalue weighted by Gasteiger charge is -2.19. The number of hydrogen-bond acceptors (Lipinski definition) is 5. The molecule has 3 aromatic heterocycles. The third-order valence-electron chi connectivity index (χ3n) is 5.28. The maximum absolute atomic E-state index is 13.7. The van der Waals surface area contributed by atoms with Crippen molar-refractivity contribution in [2.45, 2.75) is 19.9 Å². The van der Waals surface area contributed by atoms with Gasteiger partial charge in [-0.15, -0.1) is 0 Å². The van der Waals surface area contributed by atoms with Crippen LogP contribution in [0.15, 0.2) is 41.6 Å². The van der Waals surface area contributed by atoms with E-state index in [1.54, 1.807) is 33.8 Å². The summed E-state index contributed by atoms with van der Waals surface area (Å²) >= 11 is 13.2. The van der Waals surface area contributed by atoms with Crippen LogP contribution in [0.25, 0.3) is 33.3 Å². The Hall–Kier alpha value is -3.03. The zero-order valence-corrected chi connectivity index (χ0v) is 19.8. The molecule has 0 fully saturated rings. The molecule has 0 amide bonds. The first-order valence-corrected chi connectivity index (χ1v) is 10.7. The number of halogens is 2. The van der Waals surface area contributed by atoms with Gasteiger partial charge < -0.3 is 14.0 Å². The molecule has 3 heterocycles. The van der Waals surface area contributed by atoms with Gasteiger partial charge in [0, 0.05) is 48.1 Å². The second kappa shape index (κ2) is 8.48. The van der Waals surface area contributed by atoms with E-state index in [2.05, 4.69) is 10.1 Å². The fourth-order valence-corrected chi connectivity index (χ4v) is 4.46. The van der Waals surface area contributed by atoms with E-state index in [4.69, 9.17) is 32.7 Å². The number of fused-ring (bicyclic) bond motifs is 1. The monoisotopic (exact) mass is 472 g/mol. The molecule has 0 aliphatic heterocycles. The van der Waals surface area contributed by atoms with Crippen LogP contribution in [-0.4, -0.2) is 33.6 Å². The molecular weight excluding hydrogens is 451 g/mol. The molecule has 1 aromatic carbocycles. The van der Waals surface area contributed by atoms with E-state index in [9.17, 15) is 4.79 Å². The molecule has 4 rings (SSSR count). The van der Waals surface area contributed by atoms with Crippen molar-refractivity contribution in [2.75, 3.05) is 14.2 Å². The highest BCUT2D eigenvalue weighted by Crippen LogP contribution is 2.45. The summed E-state index contributed by atoms with van der Waals surface area (Å²) in [5.74, 6) is 0.729. The van der Waals surface area contributed by atoms with Gasteiger partial charge >= 0.3 is 0 Å². The lowest BCUT2D eigenvalue weighted by molar-refractivity contribution is 0.395. The summed E-state index contributed by atoms with van der Waals surface area (Å²) in [5, 5.41) is 5.46. The van der Waals surface area contributed by atoms with Gasteiger partial charge in [-0.25, -0.2) is 0 Å². The molecule has 0 aliphatic rings. The Balaban J connectivity index is 2.05. The Kier molecular flexibility index (Phi) is 5.88. The quantitative estimate of drug-likeness (QED) is 0.390. The first-order valence-electron chi connectivity index (χ1n) is 9.91. The number of nitrogens with zero attached hydrogens (tertiary/aromatic N) is 4. The van der Waals surface area contributed by atoms with Gasteiger partial charge in [0.2, 0.25) is 0 Å². The van der Waals surface area contributed by atoms with Gasteiger partial charge in [0.15, 0.2) is 0 Å². The summed E-state index contributed by atoms with van der Waals surface area (Å²) in [5.41, 5.74) is 2.83. The van der Waals surface area contributed by atoms with Gasteiger partial charge in [0.1, 0.15) is 11.5 Å². The van der Waals surface area contributed by atoms with Crippen LogP contribution < -0.4 is 15.0 Å². The normalized spacial score (nSPS) is 11.4. The average Bonchev–Trinajstić information content (AvgIpc) is 3.20. The minimum Gasteiger partial charge on any atom is -0.495 e. The number of aryl methyl sites for hydroxylation is 1. The van der Waals surface area contributed by atoms with Gasteiger partial charge in [0.05, 0.1) is 47.2 Å². The Morgan fingerprint density at radius 1 is 1.00 bits per heavy atom. The zero-order chi connectivity index (χ0) is 23.2. The molecule has 0 unspecified atom stereocenters. The highest BCUT2D eigenvalue weighted by Gasteiger charge is 2.23. The average molecular weight is 473 g/mol. The summed E-state index contributed by atoms with van der Waals surface area (Å²) in [6.45, 7) is 3.90. The van der Waals surface area contributed by atoms with Crippen LogP contribution in [0.5, 0.6) is 11.5 Å². The topological polar surface area (TPSA) is 71.2 Å². The summed E-state index contributed by atoms with van der Waals surface area (Å²) in [6, 6.07) is 5.12. The molecule has 166 valence electrons. The minimum absolute atomic E-state index is 0.126. The number of benzene rings is 1. The van der Waals surface area contributed by atoms with E-state index in [1.165, 1.54) is 14.2 Å². The molecule has 0 atom stereocenters. The zero-order valence-electron chi connectivity index (χ0n) is 18.3. The third-order valence-corrected chi connectivity index (χ3v) is 6.03. The molecule has 0 aliphatic carbocycles. The fourth-order valence-electron chi connectivity index (χ4n) is 3.76. The molecule has 4 aromatic rings. The van der Waals surface area contributed by atoms with Crippen molar-refractivity contribution < 1.29 is 9.47 Å². The predicted octanol–water partition coefficient (Wildman–Crippen LogP) is 5.37. The van der Waals surface area contributed by atoms with Crippen LogP contribution in [0, 0.1) is 0 Å². The Morgan fingerprint density at radius 3 is 2.19 bits per heavy atom. The highest BCUT2D eigenvalue weighted by molar-refractivity contribution is 6.41. The van der Waals surface area contributed by atoms with E-state index >= 15 is 0 Å². The summed E-state index contributed by atoms with van der Waals surface area (Å²) in [4.78, 5) is 18.3. The minimum atomic E-state index is -0.227. The SMILES string of the molecule is COc1cc(OC)c(Cl)c(-c2cc3cnc(-c4cnn(C)c4)cc3n(C(C)C)c2=O)c1Cl. The first-order chi connectivity index (χ1) is 15.3. The van der Waals surface area contributed by atoms with Crippen LogP contribution in [0.3, 0.4) is 0 Å². The molecule has 9 heteroatoms. The van der Waals surface area contributed by atoms with Crippen molar-refractivity contribution in [3.05, 3.63) is 57.2 Å². The number of methoxy groups -OCH3 is 2. The molecule has 0 spiro atoms. The molecular formula is C23H22Cl2N4O3. The van der Waals surface area contributed by atoms with Crippen LogP contribution in [-0.2, 0) is 7.05 Å². The molecule has 0 bridgehead atoms. The second-order valence-electron chi connectivity index (χ2n) is 7.64. The standard InChI is InChI=1S/C23H22Cl2N4O3/c1-12(2)29-17-7-16(14-10-27-28(3)11-14)26-9-13(17)6-15(23(29)30)20-21(24)18(31-4)8-19(32-5)22(20)25/h6-12H,1-5H3. The van der Waals surface area contributed by atoms with Crippen molar-refractivity contribution in [1.29, 1.82) is 0 Å². The van der Waals surface area contributed by atoms with Gasteiger partial charge in [-0.05, 0) is 26.0 Å². The molecule has 0 saturated carbocycles. The third kappa shape index (κ3) is 3.61. The van der Waals surface area contributed by atoms with Crippen molar-refractivity contribution in [3.8, 4) is 33.9 Å². The van der Waals surface area contributed by atoms with Crippen LogP contribution in [0.4, 0.5) is 0 Å². The van der Waals surface area contributed by atoms with Crippen molar-refractivity contribution >= 4 is 34.1 Å². The van der Waals surface area contributed by atoms with E-state index in [0.29, 0.717) is 22.6 Å². The van der Waals surface area contributed by atoms with Gasteiger partial charge in [0.25, 0.3) is 5.56 Å². The van der Waals surface area contributed by atoms with E-state index in [0.717, 1.165) is 22.2 Å². The summed E-state index contributed by atoms with van der Waals surface area (Å²) in [6.07, 6.45) is 5.35. The smallest absolute Gasteiger partial charge is 0.259 e. The van der Waals surface area contributed by atoms with Crippen molar-refractivity contribution in [2.24, 2.45) is 7.05 Å². The van der Waals surface area contributed by atoms with Crippen molar-refractivity contribution in [1.82, 2.24) is 19.3 Å². The lowest BCUT2D eigenvalue weighted by atomic mass is 10.0. The Morgan fingerprint density at radius 2 is 1.66 bits per heavy atom. The Bertz CT molecular complexity index is 1360. The number of pyridine rings is 2. The largest absolute Gasteiger partial charge is 0.495 e. The highest BCUT2D eigenvalue weighted by atomic mass is 35.5. The fraction of sp³-hybridized carbons (Fsp3) is 0.261. The van der Waals surface area contributed by atoms with E-state index < -0.39 is 0 Å². The maximum atomic E-state index is 13.7. The number of rotatable bonds is 5. The molecule has 7 nitrogen and oxygen atoms in total. The van der Waals surface area contributed by atoms with Crippen LogP contribution in [0.2, 0.25) is 10.0 Å². The van der Waals surface area contributed by atoms with Crippen LogP contribution >= 0.6 is 23.2 Å². The lowest BCUT2D eigenvalue weighted by Crippen LogP contribution is -2.24. The number of aromatic nitrogens is 4. The van der Waals surface area contributed by atoms with Gasteiger partial charge in [-0.1, -0.05) is 23.2 Å². The van der Waals surface area contributed by atoms with Crippen molar-refractivity contribution in [3.63, 3.8) is 0 Å². The molecule has 0 saturated heterocycles. The van der Waals surface area contributed by atoms with Gasteiger partial charge in [-0.3, -0.25) is 14.5 Å². The number of ether oxygens (including phenoxy) is 2. The Labute approximate surface area is 195 Å².